The van der Waals surface area contributed by atoms with Crippen LogP contribution in [0, 0.1) is 5.82 Å². The van der Waals surface area contributed by atoms with E-state index in [0.29, 0.717) is 30.2 Å². The number of benzene rings is 2. The molecule has 8 nitrogen and oxygen atoms in total. The number of nitrogens with zero attached hydrogens (tertiary/aromatic N) is 2. The molecule has 0 aromatic heterocycles. The first kappa shape index (κ1) is 26.9. The lowest BCUT2D eigenvalue weighted by atomic mass is 10.1. The van der Waals surface area contributed by atoms with E-state index >= 15 is 0 Å². The maximum Gasteiger partial charge on any atom is 0.260 e. The van der Waals surface area contributed by atoms with E-state index < -0.39 is 15.9 Å². The molecule has 2 aromatic carbocycles. The summed E-state index contributed by atoms with van der Waals surface area (Å²) < 4.78 is 43.4. The lowest BCUT2D eigenvalue weighted by Gasteiger charge is -2.44. The zero-order chi connectivity index (χ0) is 25.8. The molecule has 0 spiro atoms. The van der Waals surface area contributed by atoms with Gasteiger partial charge in [-0.25, -0.2) is 12.8 Å². The van der Waals surface area contributed by atoms with Crippen molar-refractivity contribution in [1.82, 2.24) is 14.5 Å². The van der Waals surface area contributed by atoms with Crippen LogP contribution in [0.1, 0.15) is 25.0 Å². The summed E-state index contributed by atoms with van der Waals surface area (Å²) in [6.07, 6.45) is 0.618. The van der Waals surface area contributed by atoms with Gasteiger partial charge in [0.2, 0.25) is 15.9 Å². The van der Waals surface area contributed by atoms with Crippen LogP contribution in [0.3, 0.4) is 0 Å². The normalized spacial score (nSPS) is 18.8. The van der Waals surface area contributed by atoms with E-state index in [1.165, 1.54) is 18.2 Å². The molecule has 2 atom stereocenters. The lowest BCUT2D eigenvalue weighted by molar-refractivity contribution is -0.139. The molecule has 2 aromatic rings. The van der Waals surface area contributed by atoms with E-state index in [1.807, 2.05) is 18.6 Å². The number of rotatable bonds is 8. The largest absolute Gasteiger partial charge is 0.483 e. The summed E-state index contributed by atoms with van der Waals surface area (Å²) in [5, 5.41) is 0.352. The number of piperazine rings is 1. The average molecular weight is 526 g/mol. The van der Waals surface area contributed by atoms with Gasteiger partial charge in [0.05, 0.1) is 12.7 Å². The monoisotopic (exact) mass is 525 g/mol. The Bertz CT molecular complexity index is 1180. The third kappa shape index (κ3) is 7.91. The van der Waals surface area contributed by atoms with E-state index in [0.717, 1.165) is 11.8 Å². The summed E-state index contributed by atoms with van der Waals surface area (Å²) >= 11 is 6.03. The zero-order valence-corrected chi connectivity index (χ0v) is 21.4. The van der Waals surface area contributed by atoms with Gasteiger partial charge < -0.3 is 9.64 Å². The van der Waals surface area contributed by atoms with Gasteiger partial charge >= 0.3 is 0 Å². The standard InChI is InChI=1S/C24H29ClFN3O5S/c1-16-13-29(17(2)12-28(16)14-18-4-7-21(26)8-5-18)24(31)15-34-22-9-6-20(25)10-19(22)11-23(30)27-35(3,32)33/h4-10,16-17H,11-15H2,1-3H3,(H,27,30). The van der Waals surface area contributed by atoms with Crippen LogP contribution in [0.4, 0.5) is 4.39 Å². The molecule has 1 fully saturated rings. The van der Waals surface area contributed by atoms with E-state index in [-0.39, 0.29) is 42.6 Å². The van der Waals surface area contributed by atoms with E-state index in [2.05, 4.69) is 4.90 Å². The fourth-order valence-electron chi connectivity index (χ4n) is 4.06. The van der Waals surface area contributed by atoms with Gasteiger partial charge in [0.15, 0.2) is 6.61 Å². The molecule has 190 valence electrons. The minimum atomic E-state index is -3.70. The van der Waals surface area contributed by atoms with Gasteiger partial charge in [0.25, 0.3) is 5.91 Å². The molecular weight excluding hydrogens is 497 g/mol. The Morgan fingerprint density at radius 1 is 1.11 bits per heavy atom. The van der Waals surface area contributed by atoms with Crippen molar-refractivity contribution in [2.75, 3.05) is 26.0 Å². The lowest BCUT2D eigenvalue weighted by Crippen LogP contribution is -2.58. The van der Waals surface area contributed by atoms with Crippen molar-refractivity contribution in [1.29, 1.82) is 0 Å². The predicted molar refractivity (Wildman–Crippen MR) is 131 cm³/mol. The van der Waals surface area contributed by atoms with E-state index in [4.69, 9.17) is 16.3 Å². The number of nitrogens with one attached hydrogen (secondary N) is 1. The second kappa shape index (κ2) is 11.4. The number of hydrogen-bond acceptors (Lipinski definition) is 6. The number of carbonyl (C=O) groups is 2. The maximum absolute atomic E-state index is 13.2. The quantitative estimate of drug-likeness (QED) is 0.569. The van der Waals surface area contributed by atoms with Gasteiger partial charge in [-0.1, -0.05) is 23.7 Å². The molecule has 0 radical (unpaired) electrons. The Hall–Kier alpha value is -2.69. The molecule has 0 bridgehead atoms. The summed E-state index contributed by atoms with van der Waals surface area (Å²) in [5.41, 5.74) is 1.38. The highest BCUT2D eigenvalue weighted by Gasteiger charge is 2.32. The van der Waals surface area contributed by atoms with Crippen molar-refractivity contribution in [2.24, 2.45) is 0 Å². The van der Waals surface area contributed by atoms with Gasteiger partial charge in [0, 0.05) is 42.3 Å². The molecule has 1 aliphatic rings. The van der Waals surface area contributed by atoms with Gasteiger partial charge in [-0.05, 0) is 49.7 Å². The average Bonchev–Trinajstić information content (AvgIpc) is 2.75. The van der Waals surface area contributed by atoms with Crippen LogP contribution in [0.2, 0.25) is 5.02 Å². The molecule has 1 heterocycles. The van der Waals surface area contributed by atoms with E-state index in [1.54, 1.807) is 29.2 Å². The molecule has 1 saturated heterocycles. The third-order valence-corrected chi connectivity index (χ3v) is 6.59. The summed E-state index contributed by atoms with van der Waals surface area (Å²) in [6.45, 7) is 5.58. The second-order valence-corrected chi connectivity index (χ2v) is 11.0. The fraction of sp³-hybridized carbons (Fsp3) is 0.417. The minimum Gasteiger partial charge on any atom is -0.483 e. The number of sulfonamides is 1. The Morgan fingerprint density at radius 3 is 2.46 bits per heavy atom. The highest BCUT2D eigenvalue weighted by atomic mass is 35.5. The fourth-order valence-corrected chi connectivity index (χ4v) is 4.74. The molecule has 3 rings (SSSR count). The van der Waals surface area contributed by atoms with Crippen LogP contribution in [-0.2, 0) is 32.6 Å². The molecule has 0 aliphatic carbocycles. The first-order valence-corrected chi connectivity index (χ1v) is 13.4. The van der Waals surface area contributed by atoms with Crippen molar-refractivity contribution in [2.45, 2.75) is 38.9 Å². The number of carbonyl (C=O) groups excluding carboxylic acids is 2. The molecule has 11 heteroatoms. The minimum absolute atomic E-state index is 0.0621. The number of amides is 2. The predicted octanol–water partition coefficient (Wildman–Crippen LogP) is 2.60. The SMILES string of the molecule is CC1CN(C(=O)COc2ccc(Cl)cc2CC(=O)NS(C)(=O)=O)C(C)CN1Cc1ccc(F)cc1. The summed E-state index contributed by atoms with van der Waals surface area (Å²) in [6, 6.07) is 11.0. The van der Waals surface area contributed by atoms with Crippen molar-refractivity contribution in [3.8, 4) is 5.75 Å². The number of ether oxygens (including phenoxy) is 1. The molecule has 2 unspecified atom stereocenters. The Balaban J connectivity index is 1.60. The van der Waals surface area contributed by atoms with Crippen LogP contribution in [0.15, 0.2) is 42.5 Å². The number of halogens is 2. The van der Waals surface area contributed by atoms with Crippen LogP contribution in [-0.4, -0.2) is 68.1 Å². The molecule has 1 N–H and O–H groups in total. The summed E-state index contributed by atoms with van der Waals surface area (Å²) in [7, 11) is -3.70. The number of hydrogen-bond donors (Lipinski definition) is 1. The smallest absolute Gasteiger partial charge is 0.260 e. The van der Waals surface area contributed by atoms with Gasteiger partial charge in [-0.15, -0.1) is 0 Å². The van der Waals surface area contributed by atoms with Gasteiger partial charge in [0.1, 0.15) is 11.6 Å². The summed E-state index contributed by atoms with van der Waals surface area (Å²) in [5.74, 6) is -0.926. The Labute approximate surface area is 210 Å². The van der Waals surface area contributed by atoms with Crippen LogP contribution in [0.25, 0.3) is 0 Å². The van der Waals surface area contributed by atoms with Crippen molar-refractivity contribution >= 4 is 33.4 Å². The first-order chi connectivity index (χ1) is 16.4. The molecule has 1 aliphatic heterocycles. The molecule has 0 saturated carbocycles. The van der Waals surface area contributed by atoms with Crippen LogP contribution in [0.5, 0.6) is 5.75 Å². The zero-order valence-electron chi connectivity index (χ0n) is 19.8. The van der Waals surface area contributed by atoms with Crippen LogP contribution >= 0.6 is 11.6 Å². The maximum atomic E-state index is 13.2. The van der Waals surface area contributed by atoms with Gasteiger partial charge in [-0.3, -0.25) is 19.2 Å². The second-order valence-electron chi connectivity index (χ2n) is 8.81. The Morgan fingerprint density at radius 2 is 1.80 bits per heavy atom. The Kier molecular flexibility index (Phi) is 8.74. The van der Waals surface area contributed by atoms with Crippen molar-refractivity contribution in [3.63, 3.8) is 0 Å². The van der Waals surface area contributed by atoms with E-state index in [9.17, 15) is 22.4 Å². The molecular formula is C24H29ClFN3O5S. The van der Waals surface area contributed by atoms with Crippen LogP contribution < -0.4 is 9.46 Å². The third-order valence-electron chi connectivity index (χ3n) is 5.76. The van der Waals surface area contributed by atoms with Crippen molar-refractivity contribution < 1.29 is 27.1 Å². The van der Waals surface area contributed by atoms with Crippen molar-refractivity contribution in [3.05, 3.63) is 64.4 Å². The molecule has 2 amide bonds. The van der Waals surface area contributed by atoms with Gasteiger partial charge in [-0.2, -0.15) is 0 Å². The first-order valence-electron chi connectivity index (χ1n) is 11.1. The highest BCUT2D eigenvalue weighted by molar-refractivity contribution is 7.89. The summed E-state index contributed by atoms with van der Waals surface area (Å²) in [4.78, 5) is 29.0. The highest BCUT2D eigenvalue weighted by Crippen LogP contribution is 2.24. The topological polar surface area (TPSA) is 96.0 Å². The molecule has 35 heavy (non-hydrogen) atoms.